The van der Waals surface area contributed by atoms with E-state index >= 15 is 0 Å². The fraction of sp³-hybridized carbons (Fsp3) is 0.696. The van der Waals surface area contributed by atoms with Gasteiger partial charge in [0.15, 0.2) is 5.96 Å². The monoisotopic (exact) mass is 403 g/mol. The van der Waals surface area contributed by atoms with Crippen molar-refractivity contribution in [2.75, 3.05) is 40.0 Å². The Morgan fingerprint density at radius 3 is 2.66 bits per heavy atom. The lowest BCUT2D eigenvalue weighted by Gasteiger charge is -2.40. The Bertz CT molecular complexity index is 644. The average Bonchev–Trinajstić information content (AvgIpc) is 3.18. The molecule has 1 aromatic carbocycles. The number of para-hydroxylation sites is 1. The SMILES string of the molecule is CCCCOCCOCCNC(=NC)NC1CC2(CCCC2)Oc2ccccc21. The summed E-state index contributed by atoms with van der Waals surface area (Å²) < 4.78 is 17.6. The number of ether oxygens (including phenoxy) is 3. The molecule has 1 fully saturated rings. The van der Waals surface area contributed by atoms with Crippen molar-refractivity contribution in [2.24, 2.45) is 4.99 Å². The molecule has 29 heavy (non-hydrogen) atoms. The molecule has 0 amide bonds. The Morgan fingerprint density at radius 2 is 1.90 bits per heavy atom. The first-order valence-electron chi connectivity index (χ1n) is 11.2. The van der Waals surface area contributed by atoms with Crippen LogP contribution in [0.4, 0.5) is 0 Å². The summed E-state index contributed by atoms with van der Waals surface area (Å²) in [5, 5.41) is 6.99. The number of hydrogen-bond donors (Lipinski definition) is 2. The minimum absolute atomic E-state index is 0.0221. The van der Waals surface area contributed by atoms with Gasteiger partial charge in [0.05, 0.1) is 25.9 Å². The quantitative estimate of drug-likeness (QED) is 0.353. The van der Waals surface area contributed by atoms with E-state index in [4.69, 9.17) is 14.2 Å². The van der Waals surface area contributed by atoms with Gasteiger partial charge in [0.2, 0.25) is 0 Å². The molecule has 1 atom stereocenters. The Morgan fingerprint density at radius 1 is 1.14 bits per heavy atom. The molecular weight excluding hydrogens is 366 g/mol. The normalized spacial score (nSPS) is 20.3. The van der Waals surface area contributed by atoms with Crippen molar-refractivity contribution >= 4 is 5.96 Å². The van der Waals surface area contributed by atoms with Crippen LogP contribution in [0.1, 0.15) is 63.5 Å². The number of aliphatic imine (C=N–C) groups is 1. The van der Waals surface area contributed by atoms with Gasteiger partial charge in [-0.15, -0.1) is 0 Å². The lowest BCUT2D eigenvalue weighted by molar-refractivity contribution is 0.0394. The molecule has 2 aliphatic rings. The van der Waals surface area contributed by atoms with E-state index < -0.39 is 0 Å². The van der Waals surface area contributed by atoms with Crippen LogP contribution in [-0.4, -0.2) is 51.6 Å². The van der Waals surface area contributed by atoms with Crippen molar-refractivity contribution in [1.29, 1.82) is 0 Å². The van der Waals surface area contributed by atoms with E-state index in [0.29, 0.717) is 26.4 Å². The Hall–Kier alpha value is -1.79. The van der Waals surface area contributed by atoms with Crippen LogP contribution in [0.5, 0.6) is 5.75 Å². The summed E-state index contributed by atoms with van der Waals surface area (Å²) in [5.41, 5.74) is 1.19. The zero-order chi connectivity index (χ0) is 20.4. The largest absolute Gasteiger partial charge is 0.487 e. The van der Waals surface area contributed by atoms with Crippen LogP contribution in [0, 0.1) is 0 Å². The molecule has 6 heteroatoms. The topological polar surface area (TPSA) is 64.1 Å². The summed E-state index contributed by atoms with van der Waals surface area (Å²) >= 11 is 0. The molecule has 2 N–H and O–H groups in total. The van der Waals surface area contributed by atoms with Gasteiger partial charge in [-0.3, -0.25) is 4.99 Å². The molecule has 6 nitrogen and oxygen atoms in total. The van der Waals surface area contributed by atoms with E-state index in [1.54, 1.807) is 0 Å². The fourth-order valence-corrected chi connectivity index (χ4v) is 4.24. The van der Waals surface area contributed by atoms with Crippen molar-refractivity contribution in [1.82, 2.24) is 10.6 Å². The van der Waals surface area contributed by atoms with Crippen LogP contribution in [-0.2, 0) is 9.47 Å². The van der Waals surface area contributed by atoms with Crippen molar-refractivity contribution in [3.05, 3.63) is 29.8 Å². The zero-order valence-corrected chi connectivity index (χ0v) is 18.0. The first kappa shape index (κ1) is 21.9. The molecule has 0 saturated heterocycles. The molecule has 1 saturated carbocycles. The summed E-state index contributed by atoms with van der Waals surface area (Å²) in [7, 11) is 1.81. The lowest BCUT2D eigenvalue weighted by Crippen LogP contribution is -2.47. The van der Waals surface area contributed by atoms with Crippen molar-refractivity contribution < 1.29 is 14.2 Å². The summed E-state index contributed by atoms with van der Waals surface area (Å²) in [5.74, 6) is 1.82. The van der Waals surface area contributed by atoms with Crippen molar-refractivity contribution in [2.45, 2.75) is 63.5 Å². The summed E-state index contributed by atoms with van der Waals surface area (Å²) in [6.07, 6.45) is 8.04. The predicted octanol–water partition coefficient (Wildman–Crippen LogP) is 3.82. The van der Waals surface area contributed by atoms with Gasteiger partial charge in [-0.1, -0.05) is 31.5 Å². The molecule has 1 aliphatic carbocycles. The highest BCUT2D eigenvalue weighted by Gasteiger charge is 2.43. The number of fused-ring (bicyclic) bond motifs is 1. The summed E-state index contributed by atoms with van der Waals surface area (Å²) in [6.45, 7) is 5.62. The van der Waals surface area contributed by atoms with Crippen LogP contribution in [0.15, 0.2) is 29.3 Å². The molecule has 1 spiro atoms. The predicted molar refractivity (Wildman–Crippen MR) is 117 cm³/mol. The highest BCUT2D eigenvalue weighted by Crippen LogP contribution is 2.46. The molecule has 1 unspecified atom stereocenters. The van der Waals surface area contributed by atoms with Crippen LogP contribution >= 0.6 is 0 Å². The van der Waals surface area contributed by atoms with Gasteiger partial charge in [-0.2, -0.15) is 0 Å². The Labute approximate surface area is 175 Å². The van der Waals surface area contributed by atoms with Gasteiger partial charge in [-0.25, -0.2) is 0 Å². The second-order valence-corrected chi connectivity index (χ2v) is 8.01. The molecule has 0 bridgehead atoms. The number of unbranched alkanes of at least 4 members (excludes halogenated alkanes) is 1. The molecule has 1 heterocycles. The van der Waals surface area contributed by atoms with Crippen LogP contribution < -0.4 is 15.4 Å². The number of guanidine groups is 1. The Balaban J connectivity index is 1.45. The Kier molecular flexibility index (Phi) is 8.62. The van der Waals surface area contributed by atoms with Gasteiger partial charge in [-0.05, 0) is 38.2 Å². The van der Waals surface area contributed by atoms with Gasteiger partial charge in [0, 0.05) is 32.2 Å². The van der Waals surface area contributed by atoms with E-state index in [1.165, 1.54) is 18.4 Å². The maximum Gasteiger partial charge on any atom is 0.191 e. The number of hydrogen-bond acceptors (Lipinski definition) is 4. The second kappa shape index (κ2) is 11.4. The van der Waals surface area contributed by atoms with E-state index in [-0.39, 0.29) is 11.6 Å². The van der Waals surface area contributed by atoms with E-state index in [9.17, 15) is 0 Å². The third-order valence-corrected chi connectivity index (χ3v) is 5.80. The lowest BCUT2D eigenvalue weighted by atomic mass is 9.86. The third kappa shape index (κ3) is 6.34. The van der Waals surface area contributed by atoms with Gasteiger partial charge in [0.1, 0.15) is 11.4 Å². The van der Waals surface area contributed by atoms with Crippen LogP contribution in [0.3, 0.4) is 0 Å². The second-order valence-electron chi connectivity index (χ2n) is 8.01. The molecule has 162 valence electrons. The summed E-state index contributed by atoms with van der Waals surface area (Å²) in [4.78, 5) is 4.41. The minimum atomic E-state index is -0.0221. The molecule has 1 aromatic rings. The van der Waals surface area contributed by atoms with Gasteiger partial charge >= 0.3 is 0 Å². The molecule has 0 aromatic heterocycles. The van der Waals surface area contributed by atoms with Gasteiger partial charge < -0.3 is 24.8 Å². The molecule has 1 aliphatic heterocycles. The molecular formula is C23H37N3O3. The minimum Gasteiger partial charge on any atom is -0.487 e. The highest BCUT2D eigenvalue weighted by molar-refractivity contribution is 5.80. The molecule has 0 radical (unpaired) electrons. The first-order valence-corrected chi connectivity index (χ1v) is 11.2. The number of nitrogens with one attached hydrogen (secondary N) is 2. The third-order valence-electron chi connectivity index (χ3n) is 5.80. The van der Waals surface area contributed by atoms with Crippen LogP contribution in [0.2, 0.25) is 0 Å². The number of nitrogens with zero attached hydrogens (tertiary/aromatic N) is 1. The maximum atomic E-state index is 6.45. The number of rotatable bonds is 10. The van der Waals surface area contributed by atoms with Crippen LogP contribution in [0.25, 0.3) is 0 Å². The highest BCUT2D eigenvalue weighted by atomic mass is 16.5. The zero-order valence-electron chi connectivity index (χ0n) is 18.0. The molecule has 3 rings (SSSR count). The van der Waals surface area contributed by atoms with E-state index in [0.717, 1.165) is 50.4 Å². The fourth-order valence-electron chi connectivity index (χ4n) is 4.24. The van der Waals surface area contributed by atoms with Crippen molar-refractivity contribution in [3.63, 3.8) is 0 Å². The van der Waals surface area contributed by atoms with E-state index in [1.807, 2.05) is 7.05 Å². The van der Waals surface area contributed by atoms with Crippen molar-refractivity contribution in [3.8, 4) is 5.75 Å². The van der Waals surface area contributed by atoms with E-state index in [2.05, 4.69) is 46.8 Å². The smallest absolute Gasteiger partial charge is 0.191 e. The maximum absolute atomic E-state index is 6.45. The summed E-state index contributed by atoms with van der Waals surface area (Å²) in [6, 6.07) is 8.59. The first-order chi connectivity index (χ1) is 14.3. The number of benzene rings is 1. The standard InChI is InChI=1S/C23H37N3O3/c1-3-4-14-27-16-17-28-15-13-25-22(24-2)26-20-18-23(11-7-8-12-23)29-21-10-6-5-9-19(20)21/h5-6,9-10,20H,3-4,7-8,11-18H2,1-2H3,(H2,24,25,26). The average molecular weight is 404 g/mol. The van der Waals surface area contributed by atoms with Gasteiger partial charge in [0.25, 0.3) is 0 Å².